The molecule has 8 heteroatoms. The van der Waals surface area contributed by atoms with Crippen LogP contribution in [0, 0.1) is 17.7 Å². The molecule has 1 heterocycles. The summed E-state index contributed by atoms with van der Waals surface area (Å²) in [6.45, 7) is 1.52. The first-order chi connectivity index (χ1) is 17.4. The number of hydrogen-bond acceptors (Lipinski definition) is 6. The highest BCUT2D eigenvalue weighted by Gasteiger charge is 2.60. The number of esters is 2. The first-order valence-corrected chi connectivity index (χ1v) is 11.1. The molecule has 36 heavy (non-hydrogen) atoms. The first kappa shape index (κ1) is 24.5. The van der Waals surface area contributed by atoms with E-state index in [1.807, 2.05) is 0 Å². The maximum atomic E-state index is 13.7. The predicted octanol–water partition coefficient (Wildman–Crippen LogP) is 3.62. The van der Waals surface area contributed by atoms with E-state index in [9.17, 15) is 18.8 Å². The van der Waals surface area contributed by atoms with Crippen molar-refractivity contribution in [1.29, 1.82) is 0 Å². The number of fused-ring (bicyclic) bond motifs is 1. The van der Waals surface area contributed by atoms with Crippen molar-refractivity contribution in [3.8, 4) is 23.3 Å². The minimum Gasteiger partial charge on any atom is -0.497 e. The van der Waals surface area contributed by atoms with Crippen LogP contribution in [-0.4, -0.2) is 37.1 Å². The van der Waals surface area contributed by atoms with Crippen LogP contribution in [0.3, 0.4) is 0 Å². The molecule has 2 unspecified atom stereocenters. The third-order valence-corrected chi connectivity index (χ3v) is 5.63. The number of methoxy groups -OCH3 is 1. The van der Waals surface area contributed by atoms with Gasteiger partial charge in [-0.1, -0.05) is 36.1 Å². The van der Waals surface area contributed by atoms with Crippen LogP contribution in [0.5, 0.6) is 11.5 Å². The van der Waals surface area contributed by atoms with Crippen molar-refractivity contribution in [2.24, 2.45) is 0 Å². The molecule has 0 fully saturated rings. The van der Waals surface area contributed by atoms with E-state index >= 15 is 0 Å². The van der Waals surface area contributed by atoms with Crippen LogP contribution in [0.15, 0.2) is 72.8 Å². The third-order valence-electron chi connectivity index (χ3n) is 5.63. The number of hydrogen-bond donors (Lipinski definition) is 1. The van der Waals surface area contributed by atoms with Gasteiger partial charge in [-0.3, -0.25) is 4.79 Å². The zero-order chi connectivity index (χ0) is 25.7. The smallest absolute Gasteiger partial charge is 0.350 e. The van der Waals surface area contributed by atoms with Crippen LogP contribution in [0.2, 0.25) is 0 Å². The molecule has 0 spiro atoms. The number of ether oxygens (including phenoxy) is 3. The van der Waals surface area contributed by atoms with E-state index in [0.717, 1.165) is 0 Å². The summed E-state index contributed by atoms with van der Waals surface area (Å²) in [6.07, 6.45) is 0. The van der Waals surface area contributed by atoms with E-state index in [1.54, 1.807) is 49.4 Å². The standard InChI is InChI=1S/C28H22FNO6/c1-3-35-26(32)28(30-25(31)19-12-14-21(34-2)15-13-19)23(16-11-18-7-6-8-20(29)17-18)22-9-4-5-10-24(22)36-27(28)33/h4-10,12-15,17,23H,3H2,1-2H3,(H,30,31). The molecule has 3 aromatic rings. The quantitative estimate of drug-likeness (QED) is 0.256. The number of para-hydroxylation sites is 1. The fourth-order valence-corrected chi connectivity index (χ4v) is 3.87. The number of carbonyl (C=O) groups is 3. The molecule has 182 valence electrons. The molecular formula is C28H22FNO6. The van der Waals surface area contributed by atoms with E-state index < -0.39 is 35.1 Å². The molecule has 7 nitrogen and oxygen atoms in total. The second-order valence-electron chi connectivity index (χ2n) is 7.85. The van der Waals surface area contributed by atoms with Crippen molar-refractivity contribution < 1.29 is 33.0 Å². The van der Waals surface area contributed by atoms with Gasteiger partial charge in [0, 0.05) is 16.7 Å². The minimum atomic E-state index is -2.32. The Balaban J connectivity index is 1.86. The average molecular weight is 487 g/mol. The maximum absolute atomic E-state index is 13.7. The monoisotopic (exact) mass is 487 g/mol. The normalized spacial score (nSPS) is 18.1. The number of amides is 1. The van der Waals surface area contributed by atoms with Crippen LogP contribution < -0.4 is 14.8 Å². The third kappa shape index (κ3) is 4.64. The van der Waals surface area contributed by atoms with Gasteiger partial charge in [0.15, 0.2) is 0 Å². The summed E-state index contributed by atoms with van der Waals surface area (Å²) in [5.41, 5.74) is -1.43. The Morgan fingerprint density at radius 2 is 1.83 bits per heavy atom. The van der Waals surface area contributed by atoms with Crippen LogP contribution in [0.4, 0.5) is 4.39 Å². The zero-order valence-electron chi connectivity index (χ0n) is 19.5. The zero-order valence-corrected chi connectivity index (χ0v) is 19.5. The van der Waals surface area contributed by atoms with Crippen molar-refractivity contribution >= 4 is 17.8 Å². The lowest BCUT2D eigenvalue weighted by Crippen LogP contribution is -2.66. The Morgan fingerprint density at radius 1 is 1.08 bits per heavy atom. The van der Waals surface area contributed by atoms with Gasteiger partial charge < -0.3 is 19.5 Å². The van der Waals surface area contributed by atoms with E-state index in [0.29, 0.717) is 16.9 Å². The molecule has 0 saturated heterocycles. The molecule has 0 aromatic heterocycles. The summed E-state index contributed by atoms with van der Waals surface area (Å²) in [7, 11) is 1.49. The fraction of sp³-hybridized carbons (Fsp3) is 0.179. The van der Waals surface area contributed by atoms with Crippen molar-refractivity contribution in [2.75, 3.05) is 13.7 Å². The Hall–Kier alpha value is -4.64. The molecule has 1 aliphatic heterocycles. The molecule has 2 atom stereocenters. The van der Waals surface area contributed by atoms with Crippen molar-refractivity contribution in [3.05, 3.63) is 95.3 Å². The van der Waals surface area contributed by atoms with Crippen LogP contribution >= 0.6 is 0 Å². The molecule has 1 amide bonds. The van der Waals surface area contributed by atoms with Gasteiger partial charge in [-0.15, -0.1) is 0 Å². The summed E-state index contributed by atoms with van der Waals surface area (Å²) in [5, 5.41) is 2.55. The fourth-order valence-electron chi connectivity index (χ4n) is 3.87. The van der Waals surface area contributed by atoms with Crippen LogP contribution in [-0.2, 0) is 14.3 Å². The Kier molecular flexibility index (Phi) is 7.02. The molecule has 0 bridgehead atoms. The second-order valence-corrected chi connectivity index (χ2v) is 7.85. The van der Waals surface area contributed by atoms with Gasteiger partial charge in [0.2, 0.25) is 0 Å². The van der Waals surface area contributed by atoms with Gasteiger partial charge in [0.25, 0.3) is 11.4 Å². The topological polar surface area (TPSA) is 90.9 Å². The summed E-state index contributed by atoms with van der Waals surface area (Å²) in [6, 6.07) is 18.3. The first-order valence-electron chi connectivity index (χ1n) is 11.1. The number of rotatable bonds is 5. The van der Waals surface area contributed by atoms with Crippen molar-refractivity contribution in [2.45, 2.75) is 18.4 Å². The van der Waals surface area contributed by atoms with E-state index in [-0.39, 0.29) is 17.9 Å². The molecule has 0 saturated carbocycles. The molecule has 3 aromatic carbocycles. The number of carbonyl (C=O) groups excluding carboxylic acids is 3. The number of benzene rings is 3. The average Bonchev–Trinajstić information content (AvgIpc) is 2.88. The lowest BCUT2D eigenvalue weighted by atomic mass is 9.76. The largest absolute Gasteiger partial charge is 0.497 e. The highest BCUT2D eigenvalue weighted by atomic mass is 19.1. The van der Waals surface area contributed by atoms with Crippen LogP contribution in [0.25, 0.3) is 0 Å². The van der Waals surface area contributed by atoms with Gasteiger partial charge in [0.1, 0.15) is 17.3 Å². The highest BCUT2D eigenvalue weighted by molar-refractivity contribution is 6.13. The molecule has 1 N–H and O–H groups in total. The van der Waals surface area contributed by atoms with Gasteiger partial charge in [-0.05, 0) is 55.5 Å². The van der Waals surface area contributed by atoms with Crippen molar-refractivity contribution in [3.63, 3.8) is 0 Å². The lowest BCUT2D eigenvalue weighted by Gasteiger charge is -2.38. The summed E-state index contributed by atoms with van der Waals surface area (Å²) < 4.78 is 29.6. The summed E-state index contributed by atoms with van der Waals surface area (Å²) >= 11 is 0. The SMILES string of the molecule is CCOC(=O)C1(NC(=O)c2ccc(OC)cc2)C(=O)Oc2ccccc2C1C#Cc1cccc(F)c1. The second kappa shape index (κ2) is 10.3. The van der Waals surface area contributed by atoms with Crippen molar-refractivity contribution in [1.82, 2.24) is 5.32 Å². The van der Waals surface area contributed by atoms with Gasteiger partial charge in [0.05, 0.1) is 19.6 Å². The molecule has 0 radical (unpaired) electrons. The minimum absolute atomic E-state index is 0.0576. The summed E-state index contributed by atoms with van der Waals surface area (Å²) in [4.78, 5) is 40.1. The lowest BCUT2D eigenvalue weighted by molar-refractivity contribution is -0.162. The van der Waals surface area contributed by atoms with Crippen LogP contribution in [0.1, 0.15) is 34.3 Å². The van der Waals surface area contributed by atoms with E-state index in [4.69, 9.17) is 14.2 Å². The Bertz CT molecular complexity index is 1370. The number of halogens is 1. The summed E-state index contributed by atoms with van der Waals surface area (Å²) in [5.74, 6) is 1.97. The Morgan fingerprint density at radius 3 is 2.53 bits per heavy atom. The van der Waals surface area contributed by atoms with Gasteiger partial charge in [-0.25, -0.2) is 14.0 Å². The molecule has 1 aliphatic rings. The Labute approximate surface area is 207 Å². The van der Waals surface area contributed by atoms with E-state index in [1.165, 1.54) is 37.4 Å². The molecule has 0 aliphatic carbocycles. The molecule has 4 rings (SSSR count). The maximum Gasteiger partial charge on any atom is 0.350 e. The van der Waals surface area contributed by atoms with E-state index in [2.05, 4.69) is 17.2 Å². The highest BCUT2D eigenvalue weighted by Crippen LogP contribution is 2.41. The molecular weight excluding hydrogens is 465 g/mol. The van der Waals surface area contributed by atoms with Gasteiger partial charge >= 0.3 is 11.9 Å². The van der Waals surface area contributed by atoms with Gasteiger partial charge in [-0.2, -0.15) is 0 Å². The predicted molar refractivity (Wildman–Crippen MR) is 128 cm³/mol. The number of nitrogens with one attached hydrogen (secondary N) is 1.